The second-order valence-corrected chi connectivity index (χ2v) is 7.86. The van der Waals surface area contributed by atoms with E-state index in [-0.39, 0.29) is 45.1 Å². The van der Waals surface area contributed by atoms with E-state index in [1.54, 1.807) is 0 Å². The van der Waals surface area contributed by atoms with Crippen LogP contribution in [0.4, 0.5) is 0 Å². The van der Waals surface area contributed by atoms with Crippen LogP contribution in [0.1, 0.15) is 32.1 Å². The molecule has 230 valence electrons. The Labute approximate surface area is 230 Å². The van der Waals surface area contributed by atoms with Gasteiger partial charge in [-0.05, 0) is 12.8 Å². The normalized spacial score (nSPS) is 11.1. The third kappa shape index (κ3) is 34.1. The maximum Gasteiger partial charge on any atom is 0.305 e. The lowest BCUT2D eigenvalue weighted by molar-refractivity contribution is -0.146. The Balaban J connectivity index is 3.11. The van der Waals surface area contributed by atoms with Gasteiger partial charge in [-0.15, -0.1) is 0 Å². The fraction of sp³-hybridized carbons (Fsp3) is 0.880. The van der Waals surface area contributed by atoms with Crippen LogP contribution in [0.25, 0.3) is 0 Å². The van der Waals surface area contributed by atoms with Gasteiger partial charge < -0.3 is 52.8 Å². The van der Waals surface area contributed by atoms with Crippen LogP contribution in [0, 0.1) is 0 Å². The molecule has 2 N–H and O–H groups in total. The summed E-state index contributed by atoms with van der Waals surface area (Å²) in [7, 11) is 0. The summed E-state index contributed by atoms with van der Waals surface area (Å²) in [6.45, 7) is 6.66. The SMILES string of the molecule is O=C(O)CCCCC(=O)OCCOCCOCCOCCOCCOCCOCCOCCOCCC(=O)O. The number of carbonyl (C=O) groups excluding carboxylic acids is 1. The van der Waals surface area contributed by atoms with Gasteiger partial charge in [-0.25, -0.2) is 0 Å². The Morgan fingerprint density at radius 3 is 0.974 bits per heavy atom. The number of rotatable bonds is 32. The smallest absolute Gasteiger partial charge is 0.305 e. The summed E-state index contributed by atoms with van der Waals surface area (Å²) in [5.74, 6) is -2.10. The molecule has 0 spiro atoms. The monoisotopic (exact) mass is 570 g/mol. The van der Waals surface area contributed by atoms with E-state index >= 15 is 0 Å². The fourth-order valence-corrected chi connectivity index (χ4v) is 2.63. The number of carboxylic acids is 2. The first-order chi connectivity index (χ1) is 19.0. The number of ether oxygens (including phenoxy) is 9. The summed E-state index contributed by atoms with van der Waals surface area (Å²) in [6, 6.07) is 0. The van der Waals surface area contributed by atoms with Crippen LogP contribution in [0.5, 0.6) is 0 Å². The second kappa shape index (κ2) is 30.6. The Bertz CT molecular complexity index is 575. The van der Waals surface area contributed by atoms with Gasteiger partial charge in [-0.3, -0.25) is 14.4 Å². The highest BCUT2D eigenvalue weighted by Crippen LogP contribution is 2.01. The van der Waals surface area contributed by atoms with Crippen molar-refractivity contribution in [2.45, 2.75) is 32.1 Å². The molecule has 0 aliphatic rings. The van der Waals surface area contributed by atoms with Crippen LogP contribution < -0.4 is 0 Å². The van der Waals surface area contributed by atoms with Crippen molar-refractivity contribution < 1.29 is 67.2 Å². The Morgan fingerprint density at radius 1 is 0.359 bits per heavy atom. The van der Waals surface area contributed by atoms with E-state index < -0.39 is 11.9 Å². The molecule has 0 fully saturated rings. The molecule has 0 aliphatic heterocycles. The molecular formula is C25H46O14. The molecule has 0 aromatic heterocycles. The summed E-state index contributed by atoms with van der Waals surface area (Å²) < 4.78 is 47.6. The van der Waals surface area contributed by atoms with Gasteiger partial charge in [0, 0.05) is 12.8 Å². The molecule has 0 heterocycles. The zero-order valence-corrected chi connectivity index (χ0v) is 22.8. The van der Waals surface area contributed by atoms with Gasteiger partial charge in [-0.1, -0.05) is 0 Å². The van der Waals surface area contributed by atoms with E-state index in [2.05, 4.69) is 0 Å². The van der Waals surface area contributed by atoms with Crippen molar-refractivity contribution in [3.63, 3.8) is 0 Å². The largest absolute Gasteiger partial charge is 0.481 e. The van der Waals surface area contributed by atoms with Crippen LogP contribution in [-0.2, 0) is 57.0 Å². The first-order valence-corrected chi connectivity index (χ1v) is 13.2. The summed E-state index contributed by atoms with van der Waals surface area (Å²) in [4.78, 5) is 32.1. The summed E-state index contributed by atoms with van der Waals surface area (Å²) in [5, 5.41) is 17.0. The molecule has 39 heavy (non-hydrogen) atoms. The number of esters is 1. The quantitative estimate of drug-likeness (QED) is 0.0857. The van der Waals surface area contributed by atoms with Crippen molar-refractivity contribution in [2.75, 3.05) is 112 Å². The van der Waals surface area contributed by atoms with Crippen molar-refractivity contribution in [3.8, 4) is 0 Å². The highest BCUT2D eigenvalue weighted by Gasteiger charge is 2.04. The molecule has 0 saturated carbocycles. The van der Waals surface area contributed by atoms with Crippen molar-refractivity contribution in [3.05, 3.63) is 0 Å². The molecule has 0 atom stereocenters. The average molecular weight is 571 g/mol. The molecule has 0 amide bonds. The predicted molar refractivity (Wildman–Crippen MR) is 136 cm³/mol. The molecule has 0 saturated heterocycles. The maximum absolute atomic E-state index is 11.4. The van der Waals surface area contributed by atoms with E-state index in [0.29, 0.717) is 105 Å². The molecule has 0 unspecified atom stereocenters. The average Bonchev–Trinajstić information content (AvgIpc) is 2.90. The van der Waals surface area contributed by atoms with Crippen molar-refractivity contribution in [1.82, 2.24) is 0 Å². The van der Waals surface area contributed by atoms with Crippen molar-refractivity contribution in [1.29, 1.82) is 0 Å². The lowest BCUT2D eigenvalue weighted by atomic mass is 10.2. The van der Waals surface area contributed by atoms with Crippen LogP contribution in [-0.4, -0.2) is 140 Å². The summed E-state index contributed by atoms with van der Waals surface area (Å²) in [6.07, 6.45) is 1.21. The van der Waals surface area contributed by atoms with Crippen LogP contribution in [0.2, 0.25) is 0 Å². The van der Waals surface area contributed by atoms with Gasteiger partial charge >= 0.3 is 17.9 Å². The number of hydrogen-bond acceptors (Lipinski definition) is 12. The zero-order valence-electron chi connectivity index (χ0n) is 22.8. The highest BCUT2D eigenvalue weighted by molar-refractivity contribution is 5.69. The van der Waals surface area contributed by atoms with E-state index in [9.17, 15) is 14.4 Å². The molecule has 0 aliphatic carbocycles. The van der Waals surface area contributed by atoms with E-state index in [1.165, 1.54) is 0 Å². The predicted octanol–water partition coefficient (Wildman–Crippen LogP) is 0.782. The van der Waals surface area contributed by atoms with Gasteiger partial charge in [0.25, 0.3) is 0 Å². The minimum Gasteiger partial charge on any atom is -0.481 e. The van der Waals surface area contributed by atoms with Gasteiger partial charge in [0.2, 0.25) is 0 Å². The van der Waals surface area contributed by atoms with Gasteiger partial charge in [-0.2, -0.15) is 0 Å². The third-order valence-electron chi connectivity index (χ3n) is 4.58. The lowest BCUT2D eigenvalue weighted by Gasteiger charge is -2.09. The minimum atomic E-state index is -0.882. The number of carboxylic acid groups (broad SMARTS) is 2. The third-order valence-corrected chi connectivity index (χ3v) is 4.58. The number of unbranched alkanes of at least 4 members (excludes halogenated alkanes) is 1. The summed E-state index contributed by atoms with van der Waals surface area (Å²) in [5.41, 5.74) is 0. The zero-order chi connectivity index (χ0) is 28.7. The topological polar surface area (TPSA) is 175 Å². The Kier molecular flexibility index (Phi) is 29.1. The molecule has 0 rings (SSSR count). The maximum atomic E-state index is 11.4. The lowest BCUT2D eigenvalue weighted by Crippen LogP contribution is -2.15. The Morgan fingerprint density at radius 2 is 0.641 bits per heavy atom. The first kappa shape index (κ1) is 37.1. The molecule has 14 nitrogen and oxygen atoms in total. The van der Waals surface area contributed by atoms with Gasteiger partial charge in [0.1, 0.15) is 6.61 Å². The van der Waals surface area contributed by atoms with Crippen LogP contribution in [0.15, 0.2) is 0 Å². The molecule has 0 aromatic carbocycles. The minimum absolute atomic E-state index is 0.0105. The number of hydrogen-bond donors (Lipinski definition) is 2. The molecule has 14 heteroatoms. The fourth-order valence-electron chi connectivity index (χ4n) is 2.63. The van der Waals surface area contributed by atoms with Crippen LogP contribution in [0.3, 0.4) is 0 Å². The Hall–Kier alpha value is -1.91. The van der Waals surface area contributed by atoms with E-state index in [4.69, 9.17) is 52.8 Å². The standard InChI is InChI=1S/C25H46O14/c26-23(27)3-1-2-4-25(30)39-22-21-38-20-19-37-18-17-36-16-15-35-14-13-34-12-11-33-10-9-32-8-7-31-6-5-24(28)29/h1-22H2,(H,26,27)(H,28,29). The van der Waals surface area contributed by atoms with E-state index in [1.807, 2.05) is 0 Å². The molecule has 0 bridgehead atoms. The molecule has 0 radical (unpaired) electrons. The molecule has 0 aromatic rings. The molecular weight excluding hydrogens is 524 g/mol. The second-order valence-electron chi connectivity index (χ2n) is 7.86. The summed E-state index contributed by atoms with van der Waals surface area (Å²) >= 11 is 0. The number of carbonyl (C=O) groups is 3. The van der Waals surface area contributed by atoms with Crippen LogP contribution >= 0.6 is 0 Å². The number of aliphatic carboxylic acids is 2. The van der Waals surface area contributed by atoms with Gasteiger partial charge in [0.15, 0.2) is 0 Å². The van der Waals surface area contributed by atoms with E-state index in [0.717, 1.165) is 0 Å². The highest BCUT2D eigenvalue weighted by atomic mass is 16.6. The van der Waals surface area contributed by atoms with Crippen molar-refractivity contribution in [2.24, 2.45) is 0 Å². The first-order valence-electron chi connectivity index (χ1n) is 13.2. The van der Waals surface area contributed by atoms with Gasteiger partial charge in [0.05, 0.1) is 112 Å². The van der Waals surface area contributed by atoms with Crippen molar-refractivity contribution >= 4 is 17.9 Å².